The summed E-state index contributed by atoms with van der Waals surface area (Å²) in [7, 11) is 0. The van der Waals surface area contributed by atoms with Crippen LogP contribution in [0.5, 0.6) is 0 Å². The zero-order valence-electron chi connectivity index (χ0n) is 12.6. The minimum absolute atomic E-state index is 0.795. The van der Waals surface area contributed by atoms with E-state index in [1.165, 1.54) is 41.5 Å². The smallest absolute Gasteiger partial charge is 0.138 e. The fraction of sp³-hybridized carbons (Fsp3) is 0.625. The molecule has 108 valence electrons. The van der Waals surface area contributed by atoms with Crippen molar-refractivity contribution in [3.8, 4) is 0 Å². The molecule has 3 nitrogen and oxygen atoms in total. The Kier molecular flexibility index (Phi) is 3.92. The van der Waals surface area contributed by atoms with Gasteiger partial charge in [-0.2, -0.15) is 0 Å². The Morgan fingerprint density at radius 2 is 2.15 bits per heavy atom. The van der Waals surface area contributed by atoms with Crippen LogP contribution in [0.2, 0.25) is 0 Å². The molecule has 2 aromatic heterocycles. The van der Waals surface area contributed by atoms with E-state index in [0.29, 0.717) is 0 Å². The van der Waals surface area contributed by atoms with Crippen molar-refractivity contribution < 1.29 is 0 Å². The normalized spacial score (nSPS) is 23.1. The third-order valence-corrected chi connectivity index (χ3v) is 5.68. The van der Waals surface area contributed by atoms with Gasteiger partial charge in [0.25, 0.3) is 0 Å². The molecule has 0 bridgehead atoms. The summed E-state index contributed by atoms with van der Waals surface area (Å²) in [6, 6.07) is 0. The highest BCUT2D eigenvalue weighted by molar-refractivity contribution is 7.18. The molecule has 2 unspecified atom stereocenters. The van der Waals surface area contributed by atoms with Crippen molar-refractivity contribution in [2.75, 3.05) is 11.9 Å². The average molecular weight is 289 g/mol. The van der Waals surface area contributed by atoms with Gasteiger partial charge >= 0.3 is 0 Å². The van der Waals surface area contributed by atoms with Crippen LogP contribution in [0.1, 0.15) is 43.0 Å². The molecule has 1 fully saturated rings. The lowest BCUT2D eigenvalue weighted by molar-refractivity contribution is 0.293. The van der Waals surface area contributed by atoms with Gasteiger partial charge in [0.15, 0.2) is 0 Å². The molecule has 20 heavy (non-hydrogen) atoms. The van der Waals surface area contributed by atoms with Crippen LogP contribution in [0.3, 0.4) is 0 Å². The first-order chi connectivity index (χ1) is 9.65. The van der Waals surface area contributed by atoms with E-state index >= 15 is 0 Å². The Hall–Kier alpha value is -1.16. The number of fused-ring (bicyclic) bond motifs is 1. The molecule has 2 atom stereocenters. The third-order valence-electron chi connectivity index (χ3n) is 4.57. The van der Waals surface area contributed by atoms with Crippen molar-refractivity contribution in [1.29, 1.82) is 0 Å². The first-order valence-electron chi connectivity index (χ1n) is 7.59. The molecular formula is C16H23N3S. The first-order valence-corrected chi connectivity index (χ1v) is 8.41. The van der Waals surface area contributed by atoms with Gasteiger partial charge in [-0.25, -0.2) is 9.97 Å². The van der Waals surface area contributed by atoms with E-state index in [0.717, 1.165) is 29.0 Å². The van der Waals surface area contributed by atoms with Crippen LogP contribution in [0.4, 0.5) is 5.82 Å². The Bertz CT molecular complexity index is 605. The monoisotopic (exact) mass is 289 g/mol. The van der Waals surface area contributed by atoms with Gasteiger partial charge in [0.1, 0.15) is 17.0 Å². The fourth-order valence-corrected chi connectivity index (χ4v) is 4.30. The summed E-state index contributed by atoms with van der Waals surface area (Å²) in [6.45, 7) is 7.76. The SMILES string of the molecule is Cc1sc2ncnc(NCC3CCCC(C)C3)c2c1C. The van der Waals surface area contributed by atoms with Crippen LogP contribution >= 0.6 is 11.3 Å². The first kappa shape index (κ1) is 13.8. The minimum atomic E-state index is 0.795. The van der Waals surface area contributed by atoms with Gasteiger partial charge in [0, 0.05) is 11.4 Å². The number of aromatic nitrogens is 2. The van der Waals surface area contributed by atoms with Crippen LogP contribution in [-0.2, 0) is 0 Å². The van der Waals surface area contributed by atoms with E-state index in [-0.39, 0.29) is 0 Å². The summed E-state index contributed by atoms with van der Waals surface area (Å²) in [6.07, 6.45) is 7.17. The van der Waals surface area contributed by atoms with Crippen LogP contribution < -0.4 is 5.32 Å². The average Bonchev–Trinajstić information content (AvgIpc) is 2.73. The molecule has 0 saturated heterocycles. The standard InChI is InChI=1S/C16H23N3S/c1-10-5-4-6-13(7-10)8-17-15-14-11(2)12(3)20-16(14)19-9-18-15/h9-10,13H,4-8H2,1-3H3,(H,17,18,19). The second-order valence-electron chi connectivity index (χ2n) is 6.20. The second-order valence-corrected chi connectivity index (χ2v) is 7.41. The summed E-state index contributed by atoms with van der Waals surface area (Å²) < 4.78 is 0. The van der Waals surface area contributed by atoms with Crippen molar-refractivity contribution in [2.24, 2.45) is 11.8 Å². The molecule has 0 amide bonds. The molecule has 0 aliphatic heterocycles. The van der Waals surface area contributed by atoms with Crippen LogP contribution in [0, 0.1) is 25.7 Å². The number of thiophene rings is 1. The van der Waals surface area contributed by atoms with Crippen molar-refractivity contribution in [3.05, 3.63) is 16.8 Å². The van der Waals surface area contributed by atoms with Crippen LogP contribution in [0.15, 0.2) is 6.33 Å². The number of anilines is 1. The number of aryl methyl sites for hydroxylation is 2. The Morgan fingerprint density at radius 3 is 2.95 bits per heavy atom. The predicted octanol–water partition coefficient (Wildman–Crippen LogP) is 4.55. The second kappa shape index (κ2) is 5.68. The number of hydrogen-bond acceptors (Lipinski definition) is 4. The number of hydrogen-bond donors (Lipinski definition) is 1. The highest BCUT2D eigenvalue weighted by atomic mass is 32.1. The molecule has 1 aliphatic rings. The highest BCUT2D eigenvalue weighted by Gasteiger charge is 2.19. The number of rotatable bonds is 3. The number of nitrogens with one attached hydrogen (secondary N) is 1. The highest BCUT2D eigenvalue weighted by Crippen LogP contribution is 2.33. The molecule has 0 aromatic carbocycles. The Balaban J connectivity index is 1.77. The molecule has 1 saturated carbocycles. The van der Waals surface area contributed by atoms with Gasteiger partial charge in [-0.15, -0.1) is 11.3 Å². The molecule has 1 aliphatic carbocycles. The van der Waals surface area contributed by atoms with Crippen molar-refractivity contribution in [1.82, 2.24) is 9.97 Å². The van der Waals surface area contributed by atoms with Crippen molar-refractivity contribution >= 4 is 27.4 Å². The van der Waals surface area contributed by atoms with E-state index < -0.39 is 0 Å². The molecule has 0 radical (unpaired) electrons. The van der Waals surface area contributed by atoms with E-state index in [9.17, 15) is 0 Å². The Morgan fingerprint density at radius 1 is 1.30 bits per heavy atom. The van der Waals surface area contributed by atoms with Gasteiger partial charge < -0.3 is 5.32 Å². The lowest BCUT2D eigenvalue weighted by atomic mass is 9.82. The van der Waals surface area contributed by atoms with Gasteiger partial charge in [0.2, 0.25) is 0 Å². The molecule has 0 spiro atoms. The lowest BCUT2D eigenvalue weighted by Crippen LogP contribution is -2.21. The van der Waals surface area contributed by atoms with Crippen molar-refractivity contribution in [2.45, 2.75) is 46.5 Å². The molecule has 2 aromatic rings. The van der Waals surface area contributed by atoms with E-state index in [2.05, 4.69) is 36.1 Å². The van der Waals surface area contributed by atoms with Crippen molar-refractivity contribution in [3.63, 3.8) is 0 Å². The summed E-state index contributed by atoms with van der Waals surface area (Å²) in [5.41, 5.74) is 1.32. The third kappa shape index (κ3) is 2.66. The zero-order chi connectivity index (χ0) is 14.1. The zero-order valence-corrected chi connectivity index (χ0v) is 13.4. The molecule has 1 N–H and O–H groups in total. The van der Waals surface area contributed by atoms with E-state index in [4.69, 9.17) is 0 Å². The minimum Gasteiger partial charge on any atom is -0.369 e. The maximum atomic E-state index is 4.47. The predicted molar refractivity (Wildman–Crippen MR) is 86.5 cm³/mol. The largest absolute Gasteiger partial charge is 0.369 e. The quantitative estimate of drug-likeness (QED) is 0.901. The summed E-state index contributed by atoms with van der Waals surface area (Å²) in [4.78, 5) is 11.3. The molecule has 2 heterocycles. The van der Waals surface area contributed by atoms with Gasteiger partial charge in [-0.1, -0.05) is 19.8 Å². The Labute approximate surface area is 124 Å². The fourth-order valence-electron chi connectivity index (χ4n) is 3.30. The lowest BCUT2D eigenvalue weighted by Gasteiger charge is -2.27. The van der Waals surface area contributed by atoms with E-state index in [1.54, 1.807) is 17.7 Å². The maximum Gasteiger partial charge on any atom is 0.138 e. The summed E-state index contributed by atoms with van der Waals surface area (Å²) >= 11 is 1.76. The summed E-state index contributed by atoms with van der Waals surface area (Å²) in [5, 5.41) is 4.81. The van der Waals surface area contributed by atoms with Crippen LogP contribution in [0.25, 0.3) is 10.2 Å². The van der Waals surface area contributed by atoms with Gasteiger partial charge in [-0.05, 0) is 44.1 Å². The van der Waals surface area contributed by atoms with Crippen LogP contribution in [-0.4, -0.2) is 16.5 Å². The molecule has 4 heteroatoms. The topological polar surface area (TPSA) is 37.8 Å². The number of nitrogens with zero attached hydrogens (tertiary/aromatic N) is 2. The van der Waals surface area contributed by atoms with E-state index in [1.807, 2.05) is 0 Å². The maximum absolute atomic E-state index is 4.47. The molecular weight excluding hydrogens is 266 g/mol. The van der Waals surface area contributed by atoms with Gasteiger partial charge in [-0.3, -0.25) is 0 Å². The summed E-state index contributed by atoms with van der Waals surface area (Å²) in [5.74, 6) is 2.70. The van der Waals surface area contributed by atoms with Gasteiger partial charge in [0.05, 0.1) is 5.39 Å². The molecule has 3 rings (SSSR count).